The number of hydrogen-bond donors (Lipinski definition) is 0. The van der Waals surface area contributed by atoms with Crippen molar-refractivity contribution >= 4 is 156 Å². The lowest BCUT2D eigenvalue weighted by molar-refractivity contribution is 0.627. The first-order chi connectivity index (χ1) is 67.2. The van der Waals surface area contributed by atoms with E-state index in [1.807, 2.05) is 188 Å². The topological polar surface area (TPSA) is 113 Å². The number of nitrogens with zero attached hydrogens (tertiary/aromatic N) is 6. The Kier molecular flexibility index (Phi) is 18.0. The highest BCUT2D eigenvalue weighted by Crippen LogP contribution is 2.68. The highest BCUT2D eigenvalue weighted by molar-refractivity contribution is 6.29. The van der Waals surface area contributed by atoms with Gasteiger partial charge >= 0.3 is 0 Å². The molecular formula is C124H74F2N6O4. The molecule has 0 amide bonds. The van der Waals surface area contributed by atoms with Crippen LogP contribution in [0, 0.1) is 34.3 Å². The standard InChI is InChI=1S/C124H74F2N6O4/c125-85-45-33-55-91(69-85)129(87-47-14-4-15-48-87)103-71-99-117(121-111(103)93-57-24-29-62-107(93)134-121)115-97(123(99,81-38-8-1-9-39-81)82-40-10-2-11-41-82)73-105(130(88-49-16-5-17-50-88)92-56-34-46-86(126)70-92)119-114(115)96-66-65-78(68-110(96)136-119)77-37-32-44-84(67-77)124(83-42-12-3-13-43-83)98-74-106(132(90-53-20-7-21-54-90)102-61-28-23-36-80(102)76-128)120-113(95-59-26-31-64-109(95)133-120)116(98)118-100(124)72-104(112-94-58-25-30-63-108(94)135-122(112)118)131(89-51-18-6-19-52-89)101-60-27-22-35-79(101)75-127/h1-74H. The number of halogens is 2. The molecule has 4 heterocycles. The van der Waals surface area contributed by atoms with E-state index >= 15 is 8.78 Å². The second-order valence-electron chi connectivity index (χ2n) is 34.8. The fraction of sp³-hybridized carbons (Fsp3) is 0.0161. The zero-order chi connectivity index (χ0) is 90.4. The molecule has 0 aliphatic heterocycles. The van der Waals surface area contributed by atoms with Gasteiger partial charge in [0.2, 0.25) is 0 Å². The molecule has 0 radical (unpaired) electrons. The van der Waals surface area contributed by atoms with E-state index in [1.165, 1.54) is 12.1 Å². The third kappa shape index (κ3) is 11.8. The van der Waals surface area contributed by atoms with Crippen molar-refractivity contribution in [1.29, 1.82) is 10.5 Å². The van der Waals surface area contributed by atoms with E-state index in [2.05, 4.69) is 256 Å². The molecule has 12 heteroatoms. The van der Waals surface area contributed by atoms with Gasteiger partial charge in [-0.25, -0.2) is 8.78 Å². The lowest BCUT2D eigenvalue weighted by Gasteiger charge is -2.36. The number of benzene rings is 20. The largest absolute Gasteiger partial charge is 0.455 e. The molecule has 20 aromatic carbocycles. The summed E-state index contributed by atoms with van der Waals surface area (Å²) in [5.74, 6) is -0.803. The maximum atomic E-state index is 16.7. The summed E-state index contributed by atoms with van der Waals surface area (Å²) in [6, 6.07) is 156. The summed E-state index contributed by atoms with van der Waals surface area (Å²) < 4.78 is 64.0. The number of nitriles is 2. The molecule has 0 saturated carbocycles. The summed E-state index contributed by atoms with van der Waals surface area (Å²) in [5, 5.41) is 29.5. The second kappa shape index (κ2) is 31.2. The summed E-state index contributed by atoms with van der Waals surface area (Å²) in [5.41, 5.74) is 24.4. The van der Waals surface area contributed by atoms with Crippen LogP contribution in [0.1, 0.15) is 55.6 Å². The molecule has 1 unspecified atom stereocenters. The van der Waals surface area contributed by atoms with Crippen LogP contribution in [0.4, 0.5) is 77.0 Å². The van der Waals surface area contributed by atoms with E-state index in [9.17, 15) is 10.5 Å². The maximum absolute atomic E-state index is 16.7. The molecule has 2 aliphatic carbocycles. The zero-order valence-corrected chi connectivity index (χ0v) is 72.8. The van der Waals surface area contributed by atoms with Crippen LogP contribution in [-0.4, -0.2) is 0 Å². The molecule has 0 saturated heterocycles. The van der Waals surface area contributed by atoms with Crippen molar-refractivity contribution in [2.45, 2.75) is 10.8 Å². The van der Waals surface area contributed by atoms with Crippen LogP contribution in [0.3, 0.4) is 0 Å². The van der Waals surface area contributed by atoms with Gasteiger partial charge in [0, 0.05) is 88.7 Å². The number of rotatable bonds is 17. The summed E-state index contributed by atoms with van der Waals surface area (Å²) >= 11 is 0. The van der Waals surface area contributed by atoms with Crippen LogP contribution in [0.15, 0.2) is 467 Å². The van der Waals surface area contributed by atoms with E-state index in [4.69, 9.17) is 17.7 Å². The molecule has 2 aliphatic rings. The van der Waals surface area contributed by atoms with Crippen molar-refractivity contribution < 1.29 is 26.4 Å². The van der Waals surface area contributed by atoms with Gasteiger partial charge < -0.3 is 37.3 Å². The fourth-order valence-electron chi connectivity index (χ4n) is 22.2. The highest BCUT2D eigenvalue weighted by Gasteiger charge is 2.53. The first kappa shape index (κ1) is 78.7. The predicted molar refractivity (Wildman–Crippen MR) is 544 cm³/mol. The van der Waals surface area contributed by atoms with Crippen molar-refractivity contribution in [3.63, 3.8) is 0 Å². The third-order valence-electron chi connectivity index (χ3n) is 27.7. The number of furan rings is 4. The summed E-state index contributed by atoms with van der Waals surface area (Å²) in [6.07, 6.45) is 0. The quantitative estimate of drug-likeness (QED) is 0.0873. The van der Waals surface area contributed by atoms with E-state index in [1.54, 1.807) is 24.3 Å². The van der Waals surface area contributed by atoms with Gasteiger partial charge in [0.1, 0.15) is 57.3 Å². The van der Waals surface area contributed by atoms with Crippen molar-refractivity contribution in [2.24, 2.45) is 0 Å². The average molecular weight is 1750 g/mol. The SMILES string of the molecule is N#Cc1ccccc1N(c1ccccc1)c1cc2c(c3c1oc1ccccc13)-c1c(cc(N(c3ccccc3)c3ccccc3C#N)c3c1oc1ccccc13)C2(c1ccccc1)c1cccc(-c2ccc3c(c2)oc2c(N(c4ccccc4)c4cccc(F)c4)cc4c(c23)-c2c(cc(N(c3ccccc3)c3cccc(F)c3)c3c2oc2ccccc23)C4(c2ccccc2)c2ccccc2)c1. The molecule has 638 valence electrons. The number of hydrogen-bond acceptors (Lipinski definition) is 10. The molecule has 0 bridgehead atoms. The van der Waals surface area contributed by atoms with E-state index in [0.29, 0.717) is 89.9 Å². The smallest absolute Gasteiger partial charge is 0.160 e. The van der Waals surface area contributed by atoms with Crippen LogP contribution < -0.4 is 19.6 Å². The maximum Gasteiger partial charge on any atom is 0.160 e. The van der Waals surface area contributed by atoms with E-state index in [0.717, 1.165) is 155 Å². The van der Waals surface area contributed by atoms with Crippen molar-refractivity contribution in [1.82, 2.24) is 0 Å². The van der Waals surface area contributed by atoms with Gasteiger partial charge in [0.05, 0.1) is 66.9 Å². The molecule has 136 heavy (non-hydrogen) atoms. The lowest BCUT2D eigenvalue weighted by atomic mass is 9.67. The summed E-state index contributed by atoms with van der Waals surface area (Å²) in [6.45, 7) is 0. The summed E-state index contributed by atoms with van der Waals surface area (Å²) in [7, 11) is 0. The minimum Gasteiger partial charge on any atom is -0.455 e. The molecule has 0 N–H and O–H groups in total. The van der Waals surface area contributed by atoms with Crippen molar-refractivity contribution in [3.8, 4) is 45.5 Å². The van der Waals surface area contributed by atoms with Crippen LogP contribution >= 0.6 is 0 Å². The fourth-order valence-corrected chi connectivity index (χ4v) is 22.2. The van der Waals surface area contributed by atoms with Gasteiger partial charge in [-0.05, 0) is 225 Å². The monoisotopic (exact) mass is 1750 g/mol. The first-order valence-electron chi connectivity index (χ1n) is 45.4. The Morgan fingerprint density at radius 1 is 0.213 bits per heavy atom. The Morgan fingerprint density at radius 3 is 0.971 bits per heavy atom. The predicted octanol–water partition coefficient (Wildman–Crippen LogP) is 33.6. The number of anilines is 12. The van der Waals surface area contributed by atoms with Gasteiger partial charge in [0.25, 0.3) is 0 Å². The van der Waals surface area contributed by atoms with Crippen LogP contribution in [0.5, 0.6) is 0 Å². The van der Waals surface area contributed by atoms with Gasteiger partial charge in [-0.3, -0.25) is 0 Å². The van der Waals surface area contributed by atoms with Crippen LogP contribution in [0.2, 0.25) is 0 Å². The normalized spacial score (nSPS) is 13.4. The number of fused-ring (bicyclic) bond motifs is 22. The second-order valence-corrected chi connectivity index (χ2v) is 34.8. The Balaban J connectivity index is 0.795. The average Bonchev–Trinajstić information content (AvgIpc) is 1.50. The molecule has 10 nitrogen and oxygen atoms in total. The molecule has 24 aromatic rings. The highest BCUT2D eigenvalue weighted by atomic mass is 19.1. The minimum absolute atomic E-state index is 0.387. The van der Waals surface area contributed by atoms with E-state index < -0.39 is 16.6 Å². The lowest BCUT2D eigenvalue weighted by Crippen LogP contribution is -2.29. The number of para-hydroxylation sites is 9. The first-order valence-corrected chi connectivity index (χ1v) is 45.4. The molecule has 26 rings (SSSR count). The molecule has 0 spiro atoms. The van der Waals surface area contributed by atoms with Crippen molar-refractivity contribution in [3.05, 3.63) is 516 Å². The van der Waals surface area contributed by atoms with Gasteiger partial charge in [0.15, 0.2) is 11.2 Å². The van der Waals surface area contributed by atoms with Crippen LogP contribution in [0.25, 0.3) is 121 Å². The Bertz CT molecular complexity index is 9040. The van der Waals surface area contributed by atoms with Gasteiger partial charge in [-0.15, -0.1) is 0 Å². The van der Waals surface area contributed by atoms with Crippen molar-refractivity contribution in [2.75, 3.05) is 19.6 Å². The molecular weight excluding hydrogens is 1680 g/mol. The molecule has 1 atom stereocenters. The van der Waals surface area contributed by atoms with Gasteiger partial charge in [-0.2, -0.15) is 10.5 Å². The third-order valence-corrected chi connectivity index (χ3v) is 27.7. The minimum atomic E-state index is -1.31. The zero-order valence-electron chi connectivity index (χ0n) is 72.8. The van der Waals surface area contributed by atoms with Crippen LogP contribution in [-0.2, 0) is 10.8 Å². The molecule has 4 aromatic heterocycles. The summed E-state index contributed by atoms with van der Waals surface area (Å²) in [4.78, 5) is 8.66. The van der Waals surface area contributed by atoms with Gasteiger partial charge in [-0.1, -0.05) is 279 Å². The Labute approximate surface area is 780 Å². The Morgan fingerprint density at radius 2 is 0.522 bits per heavy atom. The Hall–Kier alpha value is -18.4. The van der Waals surface area contributed by atoms with E-state index in [-0.39, 0.29) is 5.82 Å². The molecule has 0 fully saturated rings.